The average molecular weight is 858 g/mol. The molecule has 0 aliphatic carbocycles. The third kappa shape index (κ3) is 9.73. The van der Waals surface area contributed by atoms with E-state index < -0.39 is 83.1 Å². The molecule has 0 bridgehead atoms. The summed E-state index contributed by atoms with van der Waals surface area (Å²) in [6.45, 7) is 15.6. The number of fused-ring (bicyclic) bond motifs is 1. The number of alkyl halides is 1. The van der Waals surface area contributed by atoms with Crippen LogP contribution in [0.3, 0.4) is 0 Å². The zero-order valence-electron chi connectivity index (χ0n) is 38.1. The first-order valence-corrected chi connectivity index (χ1v) is 21.8. The number of unbranched alkanes of at least 4 members (excludes halogenated alkanes) is 1. The van der Waals surface area contributed by atoms with Gasteiger partial charge in [-0.1, -0.05) is 34.6 Å². The molecular formula is C45H68FN5O10. The Labute approximate surface area is 360 Å². The van der Waals surface area contributed by atoms with Gasteiger partial charge in [0, 0.05) is 67.6 Å². The first-order chi connectivity index (χ1) is 28.6. The number of carbonyl (C=O) groups excluding carboxylic acids is 4. The van der Waals surface area contributed by atoms with Crippen molar-refractivity contribution in [3.63, 3.8) is 0 Å². The number of ether oxygens (including phenoxy) is 5. The van der Waals surface area contributed by atoms with Gasteiger partial charge in [-0.25, -0.2) is 19.0 Å². The molecule has 3 aliphatic heterocycles. The van der Waals surface area contributed by atoms with Crippen LogP contribution >= 0.6 is 0 Å². The van der Waals surface area contributed by atoms with Crippen LogP contribution in [0.2, 0.25) is 0 Å². The van der Waals surface area contributed by atoms with E-state index in [1.807, 2.05) is 55.7 Å². The first-order valence-electron chi connectivity index (χ1n) is 21.8. The smallest absolute Gasteiger partial charge is 0.410 e. The summed E-state index contributed by atoms with van der Waals surface area (Å²) in [6.07, 6.45) is 1.48. The van der Waals surface area contributed by atoms with E-state index in [4.69, 9.17) is 23.7 Å². The molecule has 3 saturated heterocycles. The number of imidazole rings is 1. The van der Waals surface area contributed by atoms with Crippen LogP contribution in [0.15, 0.2) is 30.9 Å². The highest BCUT2D eigenvalue weighted by Crippen LogP contribution is 2.45. The lowest BCUT2D eigenvalue weighted by Gasteiger charge is -2.47. The molecule has 3 aliphatic rings. The summed E-state index contributed by atoms with van der Waals surface area (Å²) in [7, 11) is 5.06. The number of hydrogen-bond acceptors (Lipinski definition) is 13. The zero-order valence-corrected chi connectivity index (χ0v) is 38.1. The number of ketones is 2. The number of likely N-dealkylation sites (N-methyl/N-ethyl adjacent to an activating group) is 1. The standard InChI is InChI=1S/C45H68FN5O10/c1-13-34-45(14-2)37(51(42(56)61-45)20-16-15-19-50-24-32(48-25-50)31-18-17-27(4)47-23-31)29(6)35(52)26(3)22-43(8,57-12)39(30(7)38(54)44(9,46)41(55)59-34)60-40-36(53)33(49(10)11)21-28(5)58-40/h17-18,23-26,28-30,33-34,36-37,39-40,53H,13-16,19-22H2,1-12H3/t26-,28-,29-,30+,33+,34+,36-,37+,39-,40?,43+,44+,45-/m1/s1. The quantitative estimate of drug-likeness (QED) is 0.156. The number of halogens is 1. The molecule has 1 N–H and O–H groups in total. The van der Waals surface area contributed by atoms with Crippen molar-refractivity contribution in [1.29, 1.82) is 0 Å². The normalized spacial score (nSPS) is 36.7. The number of aromatic nitrogens is 3. The van der Waals surface area contributed by atoms with E-state index in [1.54, 1.807) is 52.0 Å². The lowest BCUT2D eigenvalue weighted by Crippen LogP contribution is -2.62. The van der Waals surface area contributed by atoms with Crippen LogP contribution in [-0.4, -0.2) is 140 Å². The summed E-state index contributed by atoms with van der Waals surface area (Å²) in [6, 6.07) is 2.63. The maximum absolute atomic E-state index is 17.0. The van der Waals surface area contributed by atoms with Gasteiger partial charge in [0.15, 0.2) is 17.7 Å². The van der Waals surface area contributed by atoms with Crippen LogP contribution in [0.5, 0.6) is 0 Å². The van der Waals surface area contributed by atoms with Gasteiger partial charge in [-0.15, -0.1) is 0 Å². The number of methoxy groups -OCH3 is 1. The van der Waals surface area contributed by atoms with Gasteiger partial charge in [0.25, 0.3) is 5.67 Å². The summed E-state index contributed by atoms with van der Waals surface area (Å²) >= 11 is 0. The summed E-state index contributed by atoms with van der Waals surface area (Å²) in [5.41, 5.74) is -3.57. The molecule has 16 heteroatoms. The second-order valence-electron chi connectivity index (χ2n) is 18.1. The van der Waals surface area contributed by atoms with Crippen molar-refractivity contribution >= 4 is 23.6 Å². The zero-order chi connectivity index (χ0) is 45.2. The van der Waals surface area contributed by atoms with Gasteiger partial charge >= 0.3 is 12.1 Å². The van der Waals surface area contributed by atoms with E-state index in [-0.39, 0.29) is 43.7 Å². The first kappa shape index (κ1) is 48.2. The van der Waals surface area contributed by atoms with Crippen LogP contribution in [0, 0.1) is 24.7 Å². The van der Waals surface area contributed by atoms with Crippen molar-refractivity contribution in [2.24, 2.45) is 17.8 Å². The summed E-state index contributed by atoms with van der Waals surface area (Å²) in [4.78, 5) is 69.5. The Kier molecular flexibility index (Phi) is 15.2. The minimum atomic E-state index is -3.18. The maximum Gasteiger partial charge on any atom is 0.410 e. The van der Waals surface area contributed by atoms with Crippen LogP contribution in [0.1, 0.15) is 99.6 Å². The summed E-state index contributed by atoms with van der Waals surface area (Å²) in [5, 5.41) is 11.4. The molecule has 1 unspecified atom stereocenters. The molecule has 3 fully saturated rings. The largest absolute Gasteiger partial charge is 0.455 e. The Morgan fingerprint density at radius 1 is 1.02 bits per heavy atom. The van der Waals surface area contributed by atoms with Crippen LogP contribution in [-0.2, 0) is 44.6 Å². The molecule has 13 atom stereocenters. The van der Waals surface area contributed by atoms with Gasteiger partial charge in [0.1, 0.15) is 18.0 Å². The molecule has 340 valence electrons. The predicted octanol–water partition coefficient (Wildman–Crippen LogP) is 5.72. The van der Waals surface area contributed by atoms with Gasteiger partial charge < -0.3 is 43.2 Å². The number of aliphatic hydroxyl groups is 1. The number of hydrogen-bond donors (Lipinski definition) is 1. The summed E-state index contributed by atoms with van der Waals surface area (Å²) in [5.74, 6) is -5.75. The molecule has 15 nitrogen and oxygen atoms in total. The van der Waals surface area contributed by atoms with Crippen molar-refractivity contribution in [3.8, 4) is 11.3 Å². The van der Waals surface area contributed by atoms with Crippen LogP contribution in [0.25, 0.3) is 11.3 Å². The highest BCUT2D eigenvalue weighted by Gasteiger charge is 2.63. The third-order valence-corrected chi connectivity index (χ3v) is 13.4. The average Bonchev–Trinajstić information content (AvgIpc) is 3.82. The number of nitrogens with zero attached hydrogens (tertiary/aromatic N) is 5. The highest BCUT2D eigenvalue weighted by atomic mass is 19.1. The fourth-order valence-corrected chi connectivity index (χ4v) is 9.83. The van der Waals surface area contributed by atoms with Crippen molar-refractivity contribution < 1.29 is 52.4 Å². The van der Waals surface area contributed by atoms with Crippen molar-refractivity contribution in [2.45, 2.75) is 167 Å². The fraction of sp³-hybridized carbons (Fsp3) is 0.733. The lowest BCUT2D eigenvalue weighted by atomic mass is 9.72. The highest BCUT2D eigenvalue weighted by molar-refractivity contribution is 6.08. The Morgan fingerprint density at radius 3 is 2.31 bits per heavy atom. The molecule has 2 aromatic heterocycles. The van der Waals surface area contributed by atoms with E-state index in [1.165, 1.54) is 14.0 Å². The maximum atomic E-state index is 17.0. The Balaban J connectivity index is 1.47. The SMILES string of the molecule is CC[C@@H]1OC(=O)[C@@](C)(F)C(=O)[C@H](C)[C@@H](OC2O[C@H](C)C[C@H](N(C)C)[C@H]2O)[C@@](C)(OC)C[C@@H](C)C(=O)[C@@H](C)[C@@H]2N(CCCCn3cnc(-c4ccc(C)nc4)c3)C(=O)O[C@]12CC. The van der Waals surface area contributed by atoms with Gasteiger partial charge in [0.05, 0.1) is 35.9 Å². The topological polar surface area (TPSA) is 172 Å². The Bertz CT molecular complexity index is 1860. The van der Waals surface area contributed by atoms with Gasteiger partial charge in [-0.2, -0.15) is 0 Å². The molecule has 0 radical (unpaired) electrons. The van der Waals surface area contributed by atoms with E-state index >= 15 is 4.39 Å². The van der Waals surface area contributed by atoms with Crippen molar-refractivity contribution in [1.82, 2.24) is 24.3 Å². The third-order valence-electron chi connectivity index (χ3n) is 13.4. The summed E-state index contributed by atoms with van der Waals surface area (Å²) < 4.78 is 49.9. The minimum absolute atomic E-state index is 0.00127. The van der Waals surface area contributed by atoms with Gasteiger partial charge in [-0.3, -0.25) is 14.6 Å². The molecule has 1 amide bonds. The molecule has 0 aromatic carbocycles. The predicted molar refractivity (Wildman–Crippen MR) is 224 cm³/mol. The number of Topliss-reactive ketones (excluding diaryl/α,β-unsaturated/α-hetero) is 2. The van der Waals surface area contributed by atoms with Gasteiger partial charge in [-0.05, 0) is 92.4 Å². The van der Waals surface area contributed by atoms with E-state index in [0.717, 1.165) is 23.9 Å². The number of aliphatic hydroxyl groups excluding tert-OH is 1. The molecule has 0 spiro atoms. The number of cyclic esters (lactones) is 1. The van der Waals surface area contributed by atoms with Crippen molar-refractivity contribution in [2.75, 3.05) is 27.7 Å². The monoisotopic (exact) mass is 857 g/mol. The number of rotatable bonds is 12. The number of pyridine rings is 1. The molecule has 5 heterocycles. The number of carbonyl (C=O) groups is 4. The Hall–Kier alpha value is -3.83. The van der Waals surface area contributed by atoms with E-state index in [2.05, 4.69) is 9.97 Å². The van der Waals surface area contributed by atoms with Crippen LogP contribution in [0.4, 0.5) is 9.18 Å². The van der Waals surface area contributed by atoms with Crippen molar-refractivity contribution in [3.05, 3.63) is 36.5 Å². The van der Waals surface area contributed by atoms with E-state index in [9.17, 15) is 24.3 Å². The van der Waals surface area contributed by atoms with Gasteiger partial charge in [0.2, 0.25) is 0 Å². The number of esters is 1. The molecule has 5 rings (SSSR count). The second kappa shape index (κ2) is 19.3. The number of amides is 1. The number of aryl methyl sites for hydroxylation is 2. The molecule has 2 aromatic rings. The second-order valence-corrected chi connectivity index (χ2v) is 18.1. The lowest BCUT2D eigenvalue weighted by molar-refractivity contribution is -0.295. The minimum Gasteiger partial charge on any atom is -0.455 e. The molecular weight excluding hydrogens is 790 g/mol. The molecule has 61 heavy (non-hydrogen) atoms. The van der Waals surface area contributed by atoms with E-state index in [0.29, 0.717) is 25.8 Å². The Morgan fingerprint density at radius 2 is 1.70 bits per heavy atom. The molecule has 0 saturated carbocycles. The fourth-order valence-electron chi connectivity index (χ4n) is 9.83. The van der Waals surface area contributed by atoms with Crippen LogP contribution < -0.4 is 0 Å².